The molecule has 2 atom stereocenters. The van der Waals surface area contributed by atoms with E-state index in [0.717, 1.165) is 24.8 Å². The van der Waals surface area contributed by atoms with Crippen molar-refractivity contribution in [1.82, 2.24) is 10.2 Å². The van der Waals surface area contributed by atoms with Crippen molar-refractivity contribution in [3.8, 4) is 0 Å². The van der Waals surface area contributed by atoms with Crippen molar-refractivity contribution >= 4 is 18.3 Å². The van der Waals surface area contributed by atoms with Gasteiger partial charge in [0.15, 0.2) is 0 Å². The van der Waals surface area contributed by atoms with Gasteiger partial charge in [-0.2, -0.15) is 0 Å². The van der Waals surface area contributed by atoms with Gasteiger partial charge in [0.05, 0.1) is 6.04 Å². The average Bonchev–Trinajstić information content (AvgIpc) is 2.60. The van der Waals surface area contributed by atoms with Crippen LogP contribution in [0.25, 0.3) is 0 Å². The molecule has 1 aromatic carbocycles. The first-order chi connectivity index (χ1) is 11.6. The third kappa shape index (κ3) is 5.37. The summed E-state index contributed by atoms with van der Waals surface area (Å²) in [5, 5.41) is 2.94. The van der Waals surface area contributed by atoms with Gasteiger partial charge in [-0.15, -0.1) is 0 Å². The van der Waals surface area contributed by atoms with E-state index < -0.39 is 6.04 Å². The van der Waals surface area contributed by atoms with Crippen molar-refractivity contribution in [2.45, 2.75) is 44.7 Å². The summed E-state index contributed by atoms with van der Waals surface area (Å²) in [6.07, 6.45) is 3.81. The maximum absolute atomic E-state index is 12.6. The zero-order valence-corrected chi connectivity index (χ0v) is 13.9. The first-order valence-electron chi connectivity index (χ1n) is 8.29. The molecule has 6 nitrogen and oxygen atoms in total. The van der Waals surface area contributed by atoms with Crippen LogP contribution in [0.3, 0.4) is 0 Å². The number of likely N-dealkylation sites (tertiary alicyclic amines) is 1. The Hall–Kier alpha value is -2.37. The summed E-state index contributed by atoms with van der Waals surface area (Å²) in [7, 11) is 0. The van der Waals surface area contributed by atoms with Crippen LogP contribution in [-0.4, -0.2) is 48.4 Å². The lowest BCUT2D eigenvalue weighted by atomic mass is 10.0. The number of esters is 1. The van der Waals surface area contributed by atoms with Gasteiger partial charge < -0.3 is 15.0 Å². The Kier molecular flexibility index (Phi) is 6.78. The molecule has 1 fully saturated rings. The lowest BCUT2D eigenvalue weighted by molar-refractivity contribution is -0.143. The lowest BCUT2D eigenvalue weighted by Gasteiger charge is -2.32. The van der Waals surface area contributed by atoms with Crippen LogP contribution in [-0.2, 0) is 25.5 Å². The van der Waals surface area contributed by atoms with Crippen LogP contribution in [0.15, 0.2) is 30.3 Å². The number of rotatable bonds is 7. The van der Waals surface area contributed by atoms with Gasteiger partial charge in [0.2, 0.25) is 12.3 Å². The molecule has 6 heteroatoms. The van der Waals surface area contributed by atoms with E-state index in [0.29, 0.717) is 19.4 Å². The van der Waals surface area contributed by atoms with Crippen molar-refractivity contribution in [3.05, 3.63) is 35.9 Å². The van der Waals surface area contributed by atoms with Crippen LogP contribution in [0.1, 0.15) is 31.7 Å². The predicted molar refractivity (Wildman–Crippen MR) is 89.1 cm³/mol. The molecule has 0 aromatic heterocycles. The molecule has 0 radical (unpaired) electrons. The molecule has 1 aliphatic heterocycles. The van der Waals surface area contributed by atoms with E-state index in [1.54, 1.807) is 4.90 Å². The molecule has 0 saturated carbocycles. The number of benzene rings is 1. The van der Waals surface area contributed by atoms with E-state index in [-0.39, 0.29) is 24.5 Å². The topological polar surface area (TPSA) is 75.7 Å². The molecule has 2 rings (SSSR count). The normalized spacial score (nSPS) is 18.5. The third-order valence-corrected chi connectivity index (χ3v) is 4.14. The van der Waals surface area contributed by atoms with E-state index in [1.165, 1.54) is 6.92 Å². The third-order valence-electron chi connectivity index (χ3n) is 4.14. The molecule has 130 valence electrons. The monoisotopic (exact) mass is 332 g/mol. The van der Waals surface area contributed by atoms with E-state index in [2.05, 4.69) is 5.32 Å². The van der Waals surface area contributed by atoms with Gasteiger partial charge in [-0.3, -0.25) is 14.4 Å². The maximum Gasteiger partial charge on any atom is 0.302 e. The second-order valence-corrected chi connectivity index (χ2v) is 6.05. The molecule has 2 amide bonds. The lowest BCUT2D eigenvalue weighted by Crippen LogP contribution is -2.52. The zero-order valence-electron chi connectivity index (χ0n) is 13.9. The van der Waals surface area contributed by atoms with Crippen molar-refractivity contribution in [3.63, 3.8) is 0 Å². The van der Waals surface area contributed by atoms with Gasteiger partial charge in [0.25, 0.3) is 0 Å². The smallest absolute Gasteiger partial charge is 0.302 e. The number of amides is 2. The van der Waals surface area contributed by atoms with Crippen LogP contribution in [0, 0.1) is 0 Å². The summed E-state index contributed by atoms with van der Waals surface area (Å²) in [6, 6.07) is 8.94. The average molecular weight is 332 g/mol. The fourth-order valence-electron chi connectivity index (χ4n) is 2.93. The highest BCUT2D eigenvalue weighted by atomic mass is 16.5. The molecule has 0 aliphatic carbocycles. The number of nitrogens with one attached hydrogen (secondary N) is 1. The summed E-state index contributed by atoms with van der Waals surface area (Å²) in [5.74, 6) is -0.565. The van der Waals surface area contributed by atoms with Crippen LogP contribution in [0.5, 0.6) is 0 Å². The van der Waals surface area contributed by atoms with Crippen molar-refractivity contribution < 1.29 is 19.1 Å². The highest BCUT2D eigenvalue weighted by Crippen LogP contribution is 2.16. The van der Waals surface area contributed by atoms with E-state index >= 15 is 0 Å². The Morgan fingerprint density at radius 1 is 1.33 bits per heavy atom. The maximum atomic E-state index is 12.6. The molecule has 0 unspecified atom stereocenters. The van der Waals surface area contributed by atoms with Gasteiger partial charge in [0, 0.05) is 13.5 Å². The molecule has 1 aromatic rings. The van der Waals surface area contributed by atoms with E-state index in [1.807, 2.05) is 30.3 Å². The number of carbonyl (C=O) groups excluding carboxylic acids is 3. The Morgan fingerprint density at radius 3 is 2.75 bits per heavy atom. The Bertz CT molecular complexity index is 561. The van der Waals surface area contributed by atoms with Crippen molar-refractivity contribution in [2.75, 3.05) is 13.2 Å². The SMILES string of the molecule is CC(=O)OC[C@H](Cc1ccccc1)NC(=O)[C@@H]1CCCCN1C=O. The van der Waals surface area contributed by atoms with Crippen LogP contribution < -0.4 is 5.32 Å². The van der Waals surface area contributed by atoms with Crippen LogP contribution in [0.4, 0.5) is 0 Å². The minimum absolute atomic E-state index is 0.115. The number of ether oxygens (including phenoxy) is 1. The summed E-state index contributed by atoms with van der Waals surface area (Å²) < 4.78 is 5.08. The van der Waals surface area contributed by atoms with Gasteiger partial charge in [-0.05, 0) is 31.2 Å². The molecule has 0 bridgehead atoms. The highest BCUT2D eigenvalue weighted by Gasteiger charge is 2.29. The molecule has 1 heterocycles. The summed E-state index contributed by atoms with van der Waals surface area (Å²) in [4.78, 5) is 36.3. The van der Waals surface area contributed by atoms with Gasteiger partial charge in [-0.1, -0.05) is 30.3 Å². The predicted octanol–water partition coefficient (Wildman–Crippen LogP) is 1.29. The van der Waals surface area contributed by atoms with Crippen LogP contribution in [0.2, 0.25) is 0 Å². The minimum Gasteiger partial charge on any atom is -0.464 e. The Labute approximate surface area is 142 Å². The molecule has 0 spiro atoms. The van der Waals surface area contributed by atoms with Crippen molar-refractivity contribution in [1.29, 1.82) is 0 Å². The van der Waals surface area contributed by atoms with Crippen molar-refractivity contribution in [2.24, 2.45) is 0 Å². The Balaban J connectivity index is 2.01. The highest BCUT2D eigenvalue weighted by molar-refractivity contribution is 5.84. The molecule has 24 heavy (non-hydrogen) atoms. The standard InChI is InChI=1S/C18H24N2O4/c1-14(22)24-12-16(11-15-7-3-2-4-8-15)19-18(23)17-9-5-6-10-20(17)13-21/h2-4,7-8,13,16-17H,5-6,9-12H2,1H3,(H,19,23)/t16-,17-/m0/s1. The molecular weight excluding hydrogens is 308 g/mol. The number of piperidine rings is 1. The second-order valence-electron chi connectivity index (χ2n) is 6.05. The summed E-state index contributed by atoms with van der Waals surface area (Å²) in [5.41, 5.74) is 1.05. The fraction of sp³-hybridized carbons (Fsp3) is 0.500. The Morgan fingerprint density at radius 2 is 2.08 bits per heavy atom. The fourth-order valence-corrected chi connectivity index (χ4v) is 2.93. The summed E-state index contributed by atoms with van der Waals surface area (Å²) >= 11 is 0. The first kappa shape index (κ1) is 18.0. The summed E-state index contributed by atoms with van der Waals surface area (Å²) in [6.45, 7) is 2.06. The molecular formula is C18H24N2O4. The minimum atomic E-state index is -0.438. The van der Waals surface area contributed by atoms with Gasteiger partial charge in [0.1, 0.15) is 12.6 Å². The number of hydrogen-bond acceptors (Lipinski definition) is 4. The zero-order chi connectivity index (χ0) is 17.4. The van der Waals surface area contributed by atoms with E-state index in [9.17, 15) is 14.4 Å². The molecule has 1 N–H and O–H groups in total. The van der Waals surface area contributed by atoms with E-state index in [4.69, 9.17) is 4.74 Å². The van der Waals surface area contributed by atoms with Gasteiger partial charge >= 0.3 is 5.97 Å². The van der Waals surface area contributed by atoms with Gasteiger partial charge in [-0.25, -0.2) is 0 Å². The molecule has 1 saturated heterocycles. The number of nitrogens with zero attached hydrogens (tertiary/aromatic N) is 1. The molecule has 1 aliphatic rings. The largest absolute Gasteiger partial charge is 0.464 e. The number of carbonyl (C=O) groups is 3. The first-order valence-corrected chi connectivity index (χ1v) is 8.29. The van der Waals surface area contributed by atoms with Crippen LogP contribution >= 0.6 is 0 Å². The second kappa shape index (κ2) is 9.05. The quantitative estimate of drug-likeness (QED) is 0.603. The number of hydrogen-bond donors (Lipinski definition) is 1.